The zero-order chi connectivity index (χ0) is 25.9. The van der Waals surface area contributed by atoms with Crippen molar-refractivity contribution in [1.82, 2.24) is 9.99 Å². The molecule has 1 unspecified atom stereocenters. The number of methoxy groups -OCH3 is 1. The zero-order valence-electron chi connectivity index (χ0n) is 21.2. The number of carbonyl (C=O) groups excluding carboxylic acids is 1. The van der Waals surface area contributed by atoms with Crippen molar-refractivity contribution in [2.75, 3.05) is 17.7 Å². The van der Waals surface area contributed by atoms with Gasteiger partial charge in [-0.1, -0.05) is 6.07 Å². The molecule has 0 saturated carbocycles. The van der Waals surface area contributed by atoms with Crippen LogP contribution >= 0.6 is 0 Å². The lowest BCUT2D eigenvalue weighted by molar-refractivity contribution is -0.121. The van der Waals surface area contributed by atoms with Gasteiger partial charge in [-0.3, -0.25) is 9.10 Å². The number of carbonyl (C=O) groups is 1. The quantitative estimate of drug-likeness (QED) is 0.377. The van der Waals surface area contributed by atoms with Gasteiger partial charge >= 0.3 is 0 Å². The third-order valence-corrected chi connectivity index (χ3v) is 7.25. The summed E-state index contributed by atoms with van der Waals surface area (Å²) >= 11 is 0. The van der Waals surface area contributed by atoms with E-state index in [0.29, 0.717) is 11.4 Å². The standard InChI is InChI=1S/C26H32N4O4S/c1-17-8-9-24(14-18(17)2)29-19(3)15-22(20(29)4)16-27-28-26(31)21(5)30(35(7,32)33)23-10-12-25(34-6)13-11-23/h8-16,21H,1-7H3,(H,28,31)/b27-16+. The van der Waals surface area contributed by atoms with Crippen LogP contribution in [0, 0.1) is 27.7 Å². The van der Waals surface area contributed by atoms with Crippen molar-refractivity contribution in [1.29, 1.82) is 0 Å². The summed E-state index contributed by atoms with van der Waals surface area (Å²) in [6.45, 7) is 9.68. The normalized spacial score (nSPS) is 12.5. The van der Waals surface area contributed by atoms with Gasteiger partial charge in [0.1, 0.15) is 11.8 Å². The summed E-state index contributed by atoms with van der Waals surface area (Å²) in [5, 5.41) is 4.11. The van der Waals surface area contributed by atoms with Gasteiger partial charge in [-0.05, 0) is 88.2 Å². The highest BCUT2D eigenvalue weighted by Gasteiger charge is 2.29. The molecule has 3 rings (SSSR count). The number of amides is 1. The molecule has 3 aromatic rings. The number of nitrogens with zero attached hydrogens (tertiary/aromatic N) is 3. The van der Waals surface area contributed by atoms with Crippen molar-refractivity contribution in [2.45, 2.75) is 40.7 Å². The van der Waals surface area contributed by atoms with E-state index in [0.717, 1.165) is 33.2 Å². The maximum Gasteiger partial charge on any atom is 0.263 e. The van der Waals surface area contributed by atoms with E-state index in [-0.39, 0.29) is 0 Å². The number of hydrogen-bond donors (Lipinski definition) is 1. The second kappa shape index (κ2) is 10.4. The van der Waals surface area contributed by atoms with Crippen molar-refractivity contribution >= 4 is 27.8 Å². The molecule has 0 fully saturated rings. The summed E-state index contributed by atoms with van der Waals surface area (Å²) in [6.07, 6.45) is 2.63. The average Bonchev–Trinajstić information content (AvgIpc) is 3.08. The minimum atomic E-state index is -3.73. The van der Waals surface area contributed by atoms with Crippen LogP contribution in [0.4, 0.5) is 5.69 Å². The first-order valence-corrected chi connectivity index (χ1v) is 13.0. The molecular weight excluding hydrogens is 464 g/mol. The van der Waals surface area contributed by atoms with Crippen LogP contribution in [0.25, 0.3) is 5.69 Å². The molecule has 1 atom stereocenters. The van der Waals surface area contributed by atoms with E-state index in [1.165, 1.54) is 25.2 Å². The number of ether oxygens (including phenoxy) is 1. The topological polar surface area (TPSA) is 93.0 Å². The van der Waals surface area contributed by atoms with E-state index >= 15 is 0 Å². The van der Waals surface area contributed by atoms with Crippen LogP contribution in [0.1, 0.15) is 35.0 Å². The van der Waals surface area contributed by atoms with Gasteiger partial charge in [0.25, 0.3) is 5.91 Å². The largest absolute Gasteiger partial charge is 0.497 e. The lowest BCUT2D eigenvalue weighted by Crippen LogP contribution is -2.46. The molecule has 0 spiro atoms. The number of benzene rings is 2. The summed E-state index contributed by atoms with van der Waals surface area (Å²) in [5.74, 6) is 0.0350. The van der Waals surface area contributed by atoms with Crippen molar-refractivity contribution < 1.29 is 17.9 Å². The maximum atomic E-state index is 12.8. The van der Waals surface area contributed by atoms with Gasteiger partial charge < -0.3 is 9.30 Å². The average molecular weight is 497 g/mol. The Kier molecular flexibility index (Phi) is 7.70. The molecule has 0 radical (unpaired) electrons. The summed E-state index contributed by atoms with van der Waals surface area (Å²) < 4.78 is 33.3. The van der Waals surface area contributed by atoms with Crippen LogP contribution in [0.3, 0.4) is 0 Å². The molecule has 0 saturated heterocycles. The van der Waals surface area contributed by atoms with Gasteiger partial charge in [0.05, 0.1) is 25.3 Å². The van der Waals surface area contributed by atoms with Crippen LogP contribution < -0.4 is 14.5 Å². The maximum absolute atomic E-state index is 12.8. The molecule has 1 N–H and O–H groups in total. The van der Waals surface area contributed by atoms with E-state index in [1.807, 2.05) is 19.9 Å². The van der Waals surface area contributed by atoms with E-state index in [2.05, 4.69) is 47.1 Å². The van der Waals surface area contributed by atoms with Crippen LogP contribution in [-0.2, 0) is 14.8 Å². The third kappa shape index (κ3) is 5.74. The number of aromatic nitrogens is 1. The van der Waals surface area contributed by atoms with Crippen molar-refractivity contribution in [2.24, 2.45) is 5.10 Å². The number of rotatable bonds is 8. The molecule has 9 heteroatoms. The second-order valence-electron chi connectivity index (χ2n) is 8.60. The lowest BCUT2D eigenvalue weighted by Gasteiger charge is -2.27. The second-order valence-corrected chi connectivity index (χ2v) is 10.5. The van der Waals surface area contributed by atoms with Crippen molar-refractivity contribution in [3.63, 3.8) is 0 Å². The molecule has 2 aromatic carbocycles. The highest BCUT2D eigenvalue weighted by atomic mass is 32.2. The number of aryl methyl sites for hydroxylation is 3. The van der Waals surface area contributed by atoms with Gasteiger partial charge in [0, 0.05) is 22.6 Å². The minimum Gasteiger partial charge on any atom is -0.497 e. The van der Waals surface area contributed by atoms with Crippen LogP contribution in [0.2, 0.25) is 0 Å². The summed E-state index contributed by atoms with van der Waals surface area (Å²) in [5.41, 5.74) is 9.20. The fourth-order valence-electron chi connectivity index (χ4n) is 3.98. The molecule has 1 aromatic heterocycles. The first-order valence-electron chi connectivity index (χ1n) is 11.2. The number of hydrazone groups is 1. The first kappa shape index (κ1) is 26.0. The van der Waals surface area contributed by atoms with Crippen molar-refractivity contribution in [3.05, 3.63) is 76.6 Å². The Morgan fingerprint density at radius 1 is 1.06 bits per heavy atom. The van der Waals surface area contributed by atoms with Gasteiger partial charge in [0.15, 0.2) is 0 Å². The fourth-order valence-corrected chi connectivity index (χ4v) is 5.15. The van der Waals surface area contributed by atoms with E-state index < -0.39 is 22.0 Å². The molecular formula is C26H32N4O4S. The van der Waals surface area contributed by atoms with Crippen LogP contribution in [-0.4, -0.2) is 44.5 Å². The molecule has 186 valence electrons. The smallest absolute Gasteiger partial charge is 0.263 e. The third-order valence-electron chi connectivity index (χ3n) is 6.01. The number of nitrogens with one attached hydrogen (secondary N) is 1. The lowest BCUT2D eigenvalue weighted by atomic mass is 10.1. The SMILES string of the molecule is COc1ccc(N(C(C)C(=O)N/N=C/c2cc(C)n(-c3ccc(C)c(C)c3)c2C)S(C)(=O)=O)cc1. The van der Waals surface area contributed by atoms with Gasteiger partial charge in [0.2, 0.25) is 10.0 Å². The number of anilines is 1. The molecule has 1 heterocycles. The van der Waals surface area contributed by atoms with Gasteiger partial charge in [-0.25, -0.2) is 13.8 Å². The van der Waals surface area contributed by atoms with Crippen LogP contribution in [0.5, 0.6) is 5.75 Å². The van der Waals surface area contributed by atoms with Gasteiger partial charge in [-0.15, -0.1) is 0 Å². The highest BCUT2D eigenvalue weighted by Crippen LogP contribution is 2.24. The Hall–Kier alpha value is -3.59. The van der Waals surface area contributed by atoms with Gasteiger partial charge in [-0.2, -0.15) is 5.10 Å². The van der Waals surface area contributed by atoms with Crippen molar-refractivity contribution in [3.8, 4) is 11.4 Å². The Morgan fingerprint density at radius 3 is 2.29 bits per heavy atom. The molecule has 0 aliphatic carbocycles. The Balaban J connectivity index is 1.79. The van der Waals surface area contributed by atoms with E-state index in [1.54, 1.807) is 30.5 Å². The summed E-state index contributed by atoms with van der Waals surface area (Å²) in [6, 6.07) is 13.7. The molecule has 8 nitrogen and oxygen atoms in total. The predicted octanol–water partition coefficient (Wildman–Crippen LogP) is 4.02. The predicted molar refractivity (Wildman–Crippen MR) is 140 cm³/mol. The first-order chi connectivity index (χ1) is 16.4. The zero-order valence-corrected chi connectivity index (χ0v) is 22.0. The van der Waals surface area contributed by atoms with E-state index in [4.69, 9.17) is 4.74 Å². The Morgan fingerprint density at radius 2 is 1.71 bits per heavy atom. The fraction of sp³-hybridized carbons (Fsp3) is 0.308. The molecule has 35 heavy (non-hydrogen) atoms. The highest BCUT2D eigenvalue weighted by molar-refractivity contribution is 7.92. The number of hydrogen-bond acceptors (Lipinski definition) is 5. The Bertz CT molecular complexity index is 1360. The number of sulfonamides is 1. The minimum absolute atomic E-state index is 0.358. The van der Waals surface area contributed by atoms with E-state index in [9.17, 15) is 13.2 Å². The molecule has 0 bridgehead atoms. The summed E-state index contributed by atoms with van der Waals surface area (Å²) in [7, 11) is -2.20. The molecule has 1 amide bonds. The monoisotopic (exact) mass is 496 g/mol. The molecule has 0 aliphatic heterocycles. The van der Waals surface area contributed by atoms with Crippen LogP contribution in [0.15, 0.2) is 53.6 Å². The summed E-state index contributed by atoms with van der Waals surface area (Å²) in [4.78, 5) is 12.8. The molecule has 0 aliphatic rings. The Labute approximate surface area is 207 Å².